The van der Waals surface area contributed by atoms with Crippen LogP contribution in [-0.2, 0) is 13.0 Å². The molecule has 3 heteroatoms. The van der Waals surface area contributed by atoms with Crippen molar-refractivity contribution < 1.29 is 0 Å². The van der Waals surface area contributed by atoms with Gasteiger partial charge >= 0.3 is 0 Å². The number of hydrogen-bond acceptors (Lipinski definition) is 3. The van der Waals surface area contributed by atoms with E-state index in [4.69, 9.17) is 0 Å². The summed E-state index contributed by atoms with van der Waals surface area (Å²) in [6.07, 6.45) is 4.81. The van der Waals surface area contributed by atoms with Gasteiger partial charge in [0.1, 0.15) is 5.82 Å². The zero-order chi connectivity index (χ0) is 12.1. The summed E-state index contributed by atoms with van der Waals surface area (Å²) in [6.45, 7) is 6.30. The van der Waals surface area contributed by atoms with Crippen LogP contribution in [0.1, 0.15) is 44.4 Å². The molecule has 3 nitrogen and oxygen atoms in total. The van der Waals surface area contributed by atoms with Gasteiger partial charge in [0, 0.05) is 24.8 Å². The molecular weight excluding hydrogens is 210 g/mol. The van der Waals surface area contributed by atoms with E-state index in [-0.39, 0.29) is 0 Å². The fourth-order valence-electron chi connectivity index (χ4n) is 1.83. The third kappa shape index (κ3) is 4.00. The smallest absolute Gasteiger partial charge is 0.126 e. The summed E-state index contributed by atoms with van der Waals surface area (Å²) < 4.78 is 0. The highest BCUT2D eigenvalue weighted by atomic mass is 15.0. The largest absolute Gasteiger partial charge is 0.370 e. The average Bonchev–Trinajstić information content (AvgIpc) is 3.17. The molecule has 0 saturated heterocycles. The normalized spacial score (nSPS) is 14.9. The number of nitrogens with zero attached hydrogens (tertiary/aromatic N) is 1. The molecule has 94 valence electrons. The first-order valence-corrected chi connectivity index (χ1v) is 6.79. The van der Waals surface area contributed by atoms with Gasteiger partial charge in [-0.3, -0.25) is 0 Å². The summed E-state index contributed by atoms with van der Waals surface area (Å²) >= 11 is 0. The third-order valence-electron chi connectivity index (χ3n) is 3.03. The van der Waals surface area contributed by atoms with E-state index in [0.29, 0.717) is 0 Å². The molecule has 0 aromatic carbocycles. The average molecular weight is 233 g/mol. The molecule has 0 amide bonds. The standard InChI is InChI=1S/C14H23N3/c1-3-7-15-14-9-11(8-12(4-2)17-14)10-16-13-5-6-13/h8-9,13,16H,3-7,10H2,1-2H3,(H,15,17). The van der Waals surface area contributed by atoms with Gasteiger partial charge in [-0.25, -0.2) is 4.98 Å². The van der Waals surface area contributed by atoms with Crippen LogP contribution in [0.2, 0.25) is 0 Å². The first-order valence-electron chi connectivity index (χ1n) is 6.79. The van der Waals surface area contributed by atoms with Gasteiger partial charge in [-0.15, -0.1) is 0 Å². The molecule has 0 radical (unpaired) electrons. The highest BCUT2D eigenvalue weighted by Gasteiger charge is 2.20. The van der Waals surface area contributed by atoms with E-state index in [1.165, 1.54) is 24.1 Å². The molecule has 1 aromatic heterocycles. The van der Waals surface area contributed by atoms with Crippen LogP contribution in [0.15, 0.2) is 12.1 Å². The Bertz CT molecular complexity index is 358. The third-order valence-corrected chi connectivity index (χ3v) is 3.03. The number of hydrogen-bond donors (Lipinski definition) is 2. The fourth-order valence-corrected chi connectivity index (χ4v) is 1.83. The van der Waals surface area contributed by atoms with Crippen LogP contribution in [0.25, 0.3) is 0 Å². The highest BCUT2D eigenvalue weighted by molar-refractivity contribution is 5.39. The van der Waals surface area contributed by atoms with Crippen LogP contribution in [0.5, 0.6) is 0 Å². The van der Waals surface area contributed by atoms with Crippen LogP contribution in [-0.4, -0.2) is 17.6 Å². The van der Waals surface area contributed by atoms with Gasteiger partial charge in [0.2, 0.25) is 0 Å². The van der Waals surface area contributed by atoms with Crippen molar-refractivity contribution in [3.05, 3.63) is 23.4 Å². The molecule has 1 aliphatic carbocycles. The molecule has 17 heavy (non-hydrogen) atoms. The van der Waals surface area contributed by atoms with Crippen LogP contribution < -0.4 is 10.6 Å². The molecule has 1 aliphatic rings. The summed E-state index contributed by atoms with van der Waals surface area (Å²) in [7, 11) is 0. The topological polar surface area (TPSA) is 37.0 Å². The van der Waals surface area contributed by atoms with Crippen molar-refractivity contribution in [1.82, 2.24) is 10.3 Å². The first-order chi connectivity index (χ1) is 8.31. The molecule has 1 aromatic rings. The SMILES string of the molecule is CCCNc1cc(CNC2CC2)cc(CC)n1. The number of aryl methyl sites for hydroxylation is 1. The van der Waals surface area contributed by atoms with Crippen LogP contribution >= 0.6 is 0 Å². The maximum atomic E-state index is 4.59. The minimum absolute atomic E-state index is 0.764. The Morgan fingerprint density at radius 3 is 2.76 bits per heavy atom. The number of rotatable bonds is 7. The fraction of sp³-hybridized carbons (Fsp3) is 0.643. The van der Waals surface area contributed by atoms with Gasteiger partial charge in [-0.2, -0.15) is 0 Å². The lowest BCUT2D eigenvalue weighted by molar-refractivity contribution is 0.686. The van der Waals surface area contributed by atoms with E-state index in [1.54, 1.807) is 0 Å². The highest BCUT2D eigenvalue weighted by Crippen LogP contribution is 2.20. The summed E-state index contributed by atoms with van der Waals surface area (Å²) in [5.74, 6) is 1.03. The lowest BCUT2D eigenvalue weighted by Crippen LogP contribution is -2.16. The van der Waals surface area contributed by atoms with Crippen LogP contribution in [0, 0.1) is 0 Å². The second-order valence-electron chi connectivity index (χ2n) is 4.79. The van der Waals surface area contributed by atoms with Crippen molar-refractivity contribution in [2.45, 2.75) is 52.1 Å². The molecule has 0 atom stereocenters. The van der Waals surface area contributed by atoms with Gasteiger partial charge < -0.3 is 10.6 Å². The van der Waals surface area contributed by atoms with Crippen molar-refractivity contribution in [3.8, 4) is 0 Å². The van der Waals surface area contributed by atoms with Gasteiger partial charge in [0.25, 0.3) is 0 Å². The number of anilines is 1. The molecule has 2 rings (SSSR count). The zero-order valence-corrected chi connectivity index (χ0v) is 10.9. The van der Waals surface area contributed by atoms with E-state index in [9.17, 15) is 0 Å². The zero-order valence-electron chi connectivity index (χ0n) is 10.9. The second-order valence-corrected chi connectivity index (χ2v) is 4.79. The lowest BCUT2D eigenvalue weighted by atomic mass is 10.2. The monoisotopic (exact) mass is 233 g/mol. The molecule has 2 N–H and O–H groups in total. The van der Waals surface area contributed by atoms with E-state index in [2.05, 4.69) is 41.6 Å². The molecular formula is C14H23N3. The predicted molar refractivity (Wildman–Crippen MR) is 72.3 cm³/mol. The Kier molecular flexibility index (Phi) is 4.37. The Balaban J connectivity index is 2.00. The number of nitrogens with one attached hydrogen (secondary N) is 2. The van der Waals surface area contributed by atoms with Crippen LogP contribution in [0.3, 0.4) is 0 Å². The summed E-state index contributed by atoms with van der Waals surface area (Å²) in [5, 5.41) is 6.93. The van der Waals surface area contributed by atoms with E-state index in [0.717, 1.165) is 37.8 Å². The number of pyridine rings is 1. The lowest BCUT2D eigenvalue weighted by Gasteiger charge is -2.10. The maximum Gasteiger partial charge on any atom is 0.126 e. The first kappa shape index (κ1) is 12.4. The van der Waals surface area contributed by atoms with Crippen molar-refractivity contribution >= 4 is 5.82 Å². The molecule has 0 unspecified atom stereocenters. The molecule has 1 heterocycles. The minimum Gasteiger partial charge on any atom is -0.370 e. The molecule has 0 bridgehead atoms. The Morgan fingerprint density at radius 2 is 2.12 bits per heavy atom. The van der Waals surface area contributed by atoms with Gasteiger partial charge in [0.05, 0.1) is 0 Å². The summed E-state index contributed by atoms with van der Waals surface area (Å²) in [6, 6.07) is 5.15. The molecule has 0 aliphatic heterocycles. The molecule has 1 fully saturated rings. The van der Waals surface area contributed by atoms with Crippen molar-refractivity contribution in [1.29, 1.82) is 0 Å². The van der Waals surface area contributed by atoms with Crippen molar-refractivity contribution in [3.63, 3.8) is 0 Å². The summed E-state index contributed by atoms with van der Waals surface area (Å²) in [4.78, 5) is 4.59. The van der Waals surface area contributed by atoms with Gasteiger partial charge in [-0.05, 0) is 43.4 Å². The van der Waals surface area contributed by atoms with E-state index < -0.39 is 0 Å². The maximum absolute atomic E-state index is 4.59. The summed E-state index contributed by atoms with van der Waals surface area (Å²) in [5.41, 5.74) is 2.53. The molecule has 1 saturated carbocycles. The Labute approximate surface area is 104 Å². The van der Waals surface area contributed by atoms with Crippen LogP contribution in [0.4, 0.5) is 5.82 Å². The quantitative estimate of drug-likeness (QED) is 0.760. The Morgan fingerprint density at radius 1 is 1.29 bits per heavy atom. The molecule has 0 spiro atoms. The second kappa shape index (κ2) is 6.01. The van der Waals surface area contributed by atoms with E-state index in [1.807, 2.05) is 0 Å². The van der Waals surface area contributed by atoms with Gasteiger partial charge in [0.15, 0.2) is 0 Å². The van der Waals surface area contributed by atoms with Crippen molar-refractivity contribution in [2.75, 3.05) is 11.9 Å². The predicted octanol–water partition coefficient (Wildman–Crippen LogP) is 2.72. The minimum atomic E-state index is 0.764. The van der Waals surface area contributed by atoms with E-state index >= 15 is 0 Å². The van der Waals surface area contributed by atoms with Crippen molar-refractivity contribution in [2.24, 2.45) is 0 Å². The van der Waals surface area contributed by atoms with Gasteiger partial charge in [-0.1, -0.05) is 13.8 Å². The number of aromatic nitrogens is 1. The Hall–Kier alpha value is -1.09.